The number of carbonyl (C=O) groups is 2. The van der Waals surface area contributed by atoms with Crippen LogP contribution in [-0.4, -0.2) is 24.1 Å². The van der Waals surface area contributed by atoms with Crippen molar-refractivity contribution in [1.82, 2.24) is 10.7 Å². The van der Waals surface area contributed by atoms with Crippen LogP contribution in [-0.2, 0) is 4.79 Å². The predicted molar refractivity (Wildman–Crippen MR) is 82.6 cm³/mol. The first-order valence-corrected chi connectivity index (χ1v) is 6.78. The number of hydrazone groups is 1. The van der Waals surface area contributed by atoms with Gasteiger partial charge < -0.3 is 9.73 Å². The highest BCUT2D eigenvalue weighted by atomic mass is 16.3. The smallest absolute Gasteiger partial charge is 0.287 e. The maximum Gasteiger partial charge on any atom is 0.287 e. The first kappa shape index (κ1) is 15.5. The Kier molecular flexibility index (Phi) is 5.08. The normalized spacial score (nSPS) is 11.1. The van der Waals surface area contributed by atoms with Crippen molar-refractivity contribution < 1.29 is 14.0 Å². The number of rotatable bonds is 5. The molecular formula is C16H17N3O3. The summed E-state index contributed by atoms with van der Waals surface area (Å²) in [6.45, 7) is 3.62. The zero-order valence-corrected chi connectivity index (χ0v) is 12.4. The first-order valence-electron chi connectivity index (χ1n) is 6.78. The number of amides is 2. The third-order valence-corrected chi connectivity index (χ3v) is 2.97. The summed E-state index contributed by atoms with van der Waals surface area (Å²) < 4.78 is 4.92. The lowest BCUT2D eigenvalue weighted by molar-refractivity contribution is -0.120. The number of nitrogens with zero attached hydrogens (tertiary/aromatic N) is 1. The van der Waals surface area contributed by atoms with Gasteiger partial charge in [0.05, 0.1) is 18.5 Å². The van der Waals surface area contributed by atoms with E-state index in [4.69, 9.17) is 4.42 Å². The van der Waals surface area contributed by atoms with E-state index >= 15 is 0 Å². The van der Waals surface area contributed by atoms with Crippen LogP contribution in [0.4, 0.5) is 0 Å². The van der Waals surface area contributed by atoms with E-state index in [0.717, 1.165) is 11.1 Å². The van der Waals surface area contributed by atoms with E-state index in [1.54, 1.807) is 13.0 Å². The average molecular weight is 299 g/mol. The van der Waals surface area contributed by atoms with Gasteiger partial charge in [0, 0.05) is 0 Å². The second kappa shape index (κ2) is 7.21. The van der Waals surface area contributed by atoms with Crippen LogP contribution in [0.1, 0.15) is 28.6 Å². The second-order valence-electron chi connectivity index (χ2n) is 4.76. The van der Waals surface area contributed by atoms with Crippen molar-refractivity contribution in [3.8, 4) is 0 Å². The minimum atomic E-state index is -0.445. The Morgan fingerprint density at radius 1 is 1.18 bits per heavy atom. The molecule has 2 aromatic rings. The van der Waals surface area contributed by atoms with Crippen LogP contribution in [0.5, 0.6) is 0 Å². The van der Waals surface area contributed by atoms with Gasteiger partial charge in [-0.05, 0) is 31.5 Å². The molecule has 0 aliphatic carbocycles. The van der Waals surface area contributed by atoms with Gasteiger partial charge in [0.15, 0.2) is 5.76 Å². The van der Waals surface area contributed by atoms with Crippen molar-refractivity contribution in [2.75, 3.05) is 6.54 Å². The van der Waals surface area contributed by atoms with Gasteiger partial charge in [-0.1, -0.05) is 29.8 Å². The molecule has 1 aromatic heterocycles. The van der Waals surface area contributed by atoms with E-state index in [9.17, 15) is 9.59 Å². The molecular weight excluding hydrogens is 282 g/mol. The van der Waals surface area contributed by atoms with Crippen LogP contribution in [0, 0.1) is 6.92 Å². The van der Waals surface area contributed by atoms with Crippen molar-refractivity contribution >= 4 is 17.5 Å². The van der Waals surface area contributed by atoms with E-state index in [1.807, 2.05) is 31.2 Å². The maximum atomic E-state index is 11.6. The SMILES string of the molecule is C/C(=N\NC(=O)CNC(=O)c1ccco1)c1ccc(C)cc1. The highest BCUT2D eigenvalue weighted by Gasteiger charge is 2.09. The lowest BCUT2D eigenvalue weighted by atomic mass is 10.1. The van der Waals surface area contributed by atoms with Gasteiger partial charge in [0.1, 0.15) is 0 Å². The fourth-order valence-corrected chi connectivity index (χ4v) is 1.70. The molecule has 0 radical (unpaired) electrons. The summed E-state index contributed by atoms with van der Waals surface area (Å²) in [4.78, 5) is 23.2. The van der Waals surface area contributed by atoms with Crippen LogP contribution in [0.15, 0.2) is 52.2 Å². The predicted octanol–water partition coefficient (Wildman–Crippen LogP) is 1.86. The van der Waals surface area contributed by atoms with E-state index in [-0.39, 0.29) is 12.3 Å². The first-order chi connectivity index (χ1) is 10.6. The molecule has 6 nitrogen and oxygen atoms in total. The van der Waals surface area contributed by atoms with Gasteiger partial charge in [-0.2, -0.15) is 5.10 Å². The zero-order chi connectivity index (χ0) is 15.9. The van der Waals surface area contributed by atoms with Crippen molar-refractivity contribution in [3.05, 3.63) is 59.5 Å². The van der Waals surface area contributed by atoms with Crippen molar-refractivity contribution in [2.24, 2.45) is 5.10 Å². The number of carbonyl (C=O) groups excluding carboxylic acids is 2. The van der Waals surface area contributed by atoms with Crippen LogP contribution < -0.4 is 10.7 Å². The molecule has 0 unspecified atom stereocenters. The summed E-state index contributed by atoms with van der Waals surface area (Å²) in [5, 5.41) is 6.45. The largest absolute Gasteiger partial charge is 0.459 e. The van der Waals surface area contributed by atoms with Crippen molar-refractivity contribution in [2.45, 2.75) is 13.8 Å². The Morgan fingerprint density at radius 2 is 1.91 bits per heavy atom. The quantitative estimate of drug-likeness (QED) is 0.653. The van der Waals surface area contributed by atoms with Gasteiger partial charge in [-0.25, -0.2) is 5.43 Å². The van der Waals surface area contributed by atoms with E-state index in [0.29, 0.717) is 5.71 Å². The molecule has 1 heterocycles. The van der Waals surface area contributed by atoms with Gasteiger partial charge in [0.25, 0.3) is 11.8 Å². The summed E-state index contributed by atoms with van der Waals surface area (Å²) in [5.41, 5.74) is 5.16. The Balaban J connectivity index is 1.83. The second-order valence-corrected chi connectivity index (χ2v) is 4.76. The fraction of sp³-hybridized carbons (Fsp3) is 0.188. The van der Waals surface area contributed by atoms with Crippen molar-refractivity contribution in [3.63, 3.8) is 0 Å². The fourth-order valence-electron chi connectivity index (χ4n) is 1.70. The average Bonchev–Trinajstić information content (AvgIpc) is 3.05. The molecule has 22 heavy (non-hydrogen) atoms. The number of hydrogen-bond donors (Lipinski definition) is 2. The zero-order valence-electron chi connectivity index (χ0n) is 12.4. The molecule has 0 aliphatic rings. The summed E-state index contributed by atoms with van der Waals surface area (Å²) in [5.74, 6) is -0.696. The summed E-state index contributed by atoms with van der Waals surface area (Å²) in [6.07, 6.45) is 1.39. The molecule has 0 saturated heterocycles. The minimum Gasteiger partial charge on any atom is -0.459 e. The van der Waals surface area contributed by atoms with Gasteiger partial charge >= 0.3 is 0 Å². The monoisotopic (exact) mass is 299 g/mol. The lowest BCUT2D eigenvalue weighted by Crippen LogP contribution is -2.35. The maximum absolute atomic E-state index is 11.6. The molecule has 0 spiro atoms. The standard InChI is InChI=1S/C16H17N3O3/c1-11-5-7-13(8-6-11)12(2)18-19-15(20)10-17-16(21)14-4-3-9-22-14/h3-9H,10H2,1-2H3,(H,17,21)(H,19,20)/b18-12+. The number of hydrogen-bond acceptors (Lipinski definition) is 4. The Hall–Kier alpha value is -2.89. The van der Waals surface area contributed by atoms with Gasteiger partial charge in [-0.15, -0.1) is 0 Å². The Morgan fingerprint density at radius 3 is 2.55 bits per heavy atom. The number of benzene rings is 1. The van der Waals surface area contributed by atoms with Crippen LogP contribution in [0.2, 0.25) is 0 Å². The minimum absolute atomic E-state index is 0.159. The summed E-state index contributed by atoms with van der Waals surface area (Å²) in [6, 6.07) is 10.9. The molecule has 0 fully saturated rings. The topological polar surface area (TPSA) is 83.7 Å². The van der Waals surface area contributed by atoms with Gasteiger partial charge in [0.2, 0.25) is 0 Å². The third kappa shape index (κ3) is 4.31. The third-order valence-electron chi connectivity index (χ3n) is 2.97. The molecule has 0 atom stereocenters. The van der Waals surface area contributed by atoms with E-state index < -0.39 is 11.8 Å². The lowest BCUT2D eigenvalue weighted by Gasteiger charge is -2.04. The molecule has 2 rings (SSSR count). The summed E-state index contributed by atoms with van der Waals surface area (Å²) in [7, 11) is 0. The molecule has 114 valence electrons. The van der Waals surface area contributed by atoms with Crippen molar-refractivity contribution in [1.29, 1.82) is 0 Å². The molecule has 0 saturated carbocycles. The molecule has 2 amide bonds. The number of nitrogens with one attached hydrogen (secondary N) is 2. The van der Waals surface area contributed by atoms with Crippen LogP contribution in [0.25, 0.3) is 0 Å². The van der Waals surface area contributed by atoms with Gasteiger partial charge in [-0.3, -0.25) is 9.59 Å². The number of furan rings is 1. The summed E-state index contributed by atoms with van der Waals surface area (Å²) >= 11 is 0. The molecule has 6 heteroatoms. The van der Waals surface area contributed by atoms with E-state index in [1.165, 1.54) is 12.3 Å². The Labute approximate surface area is 128 Å². The molecule has 0 aliphatic heterocycles. The number of aryl methyl sites for hydroxylation is 1. The van der Waals surface area contributed by atoms with Crippen LogP contribution in [0.3, 0.4) is 0 Å². The Bertz CT molecular complexity index is 673. The molecule has 1 aromatic carbocycles. The molecule has 0 bridgehead atoms. The van der Waals surface area contributed by atoms with E-state index in [2.05, 4.69) is 15.8 Å². The molecule has 2 N–H and O–H groups in total. The highest BCUT2D eigenvalue weighted by molar-refractivity contribution is 5.99. The van der Waals surface area contributed by atoms with Crippen LogP contribution >= 0.6 is 0 Å². The highest BCUT2D eigenvalue weighted by Crippen LogP contribution is 2.04.